The Balaban J connectivity index is 1.77. The summed E-state index contributed by atoms with van der Waals surface area (Å²) in [5.74, 6) is -3.04. The molecule has 0 saturated heterocycles. The van der Waals surface area contributed by atoms with Gasteiger partial charge in [0.15, 0.2) is 12.4 Å². The van der Waals surface area contributed by atoms with Crippen molar-refractivity contribution in [3.05, 3.63) is 107 Å². The highest BCUT2D eigenvalue weighted by Crippen LogP contribution is 2.57. The smallest absolute Gasteiger partial charge is 0.422 e. The van der Waals surface area contributed by atoms with Crippen LogP contribution in [0.1, 0.15) is 22.3 Å². The summed E-state index contributed by atoms with van der Waals surface area (Å²) in [5.41, 5.74) is -12.0. The van der Waals surface area contributed by atoms with Gasteiger partial charge in [0.1, 0.15) is 34.1 Å². The molecule has 2 N–H and O–H groups in total. The zero-order valence-electron chi connectivity index (χ0n) is 23.8. The van der Waals surface area contributed by atoms with E-state index >= 15 is 0 Å². The lowest BCUT2D eigenvalue weighted by atomic mass is 9.73. The van der Waals surface area contributed by atoms with Gasteiger partial charge in [-0.1, -0.05) is 36.4 Å². The fourth-order valence-corrected chi connectivity index (χ4v) is 4.93. The van der Waals surface area contributed by atoms with Crippen molar-refractivity contribution in [2.45, 2.75) is 30.1 Å². The Morgan fingerprint density at radius 1 is 0.469 bits per heavy atom. The van der Waals surface area contributed by atoms with Crippen LogP contribution in [0.25, 0.3) is 0 Å². The van der Waals surface area contributed by atoms with Gasteiger partial charge >= 0.3 is 24.7 Å². The van der Waals surface area contributed by atoms with Crippen molar-refractivity contribution in [1.82, 2.24) is 0 Å². The third kappa shape index (κ3) is 7.08. The fraction of sp³-hybridized carbons (Fsp3) is 0.161. The molecule has 0 spiro atoms. The van der Waals surface area contributed by atoms with Gasteiger partial charge < -0.3 is 9.47 Å². The number of benzene rings is 4. The van der Waals surface area contributed by atoms with Crippen LogP contribution in [-0.4, -0.2) is 12.4 Å². The molecule has 49 heavy (non-hydrogen) atoms. The highest BCUT2D eigenvalue weighted by atomic mass is 19.4. The van der Waals surface area contributed by atoms with Gasteiger partial charge in [0.05, 0.1) is 11.4 Å². The second-order valence-electron chi connectivity index (χ2n) is 9.82. The van der Waals surface area contributed by atoms with E-state index in [-0.39, 0.29) is 0 Å². The summed E-state index contributed by atoms with van der Waals surface area (Å²) in [4.78, 5) is 0. The zero-order chi connectivity index (χ0) is 36.4. The van der Waals surface area contributed by atoms with Crippen molar-refractivity contribution < 1.29 is 62.2 Å². The number of ether oxygens (including phenoxy) is 2. The van der Waals surface area contributed by atoms with Gasteiger partial charge in [-0.25, -0.2) is 0 Å². The van der Waals surface area contributed by atoms with E-state index in [1.165, 1.54) is 12.4 Å². The molecule has 6 nitrogen and oxygen atoms in total. The summed E-state index contributed by atoms with van der Waals surface area (Å²) >= 11 is 0. The third-order valence-corrected chi connectivity index (χ3v) is 6.88. The molecule has 0 aromatic heterocycles. The lowest BCUT2D eigenvalue weighted by Gasteiger charge is -2.38. The van der Waals surface area contributed by atoms with E-state index in [0.717, 1.165) is 36.4 Å². The number of alkyl halides is 12. The van der Waals surface area contributed by atoms with Crippen LogP contribution in [0, 0.1) is 22.9 Å². The molecule has 18 heteroatoms. The normalized spacial score (nSPS) is 12.4. The molecule has 0 aliphatic rings. The minimum atomic E-state index is -6.10. The van der Waals surface area contributed by atoms with E-state index in [1.807, 2.05) is 0 Å². The molecular formula is C31H16F12N4O2. The van der Waals surface area contributed by atoms with Crippen LogP contribution in [0.3, 0.4) is 0 Å². The number of halogens is 12. The number of hydrogen-bond donors (Lipinski definition) is 2. The van der Waals surface area contributed by atoms with Crippen molar-refractivity contribution in [3.8, 4) is 35.4 Å². The molecule has 0 bridgehead atoms. The van der Waals surface area contributed by atoms with Gasteiger partial charge in [-0.15, -0.1) is 0 Å². The second-order valence-corrected chi connectivity index (χ2v) is 9.82. The lowest BCUT2D eigenvalue weighted by molar-refractivity contribution is -0.288. The quantitative estimate of drug-likeness (QED) is 0.108. The molecular weight excluding hydrogens is 688 g/mol. The average molecular weight is 704 g/mol. The maximum Gasteiger partial charge on any atom is 0.422 e. The van der Waals surface area contributed by atoms with Crippen LogP contribution in [0.2, 0.25) is 0 Å². The Labute approximate surface area is 267 Å². The minimum Gasteiger partial charge on any atom is -0.457 e. The highest BCUT2D eigenvalue weighted by molar-refractivity contribution is 5.63. The number of nitrogens with one attached hydrogen (secondary N) is 2. The standard InChI is InChI=1S/C31H16F12N4O2/c32-28(33,34)25-21(46-15-44)3-1-5-23(25)48-19-11-7-17(8-12-19)27(30(38,39)40,31(41,42)43)18-9-13-20(14-10-18)49-24-6-2-4-22(47-16-45)26(24)29(35,36)37/h1-14,46-47H. The maximum absolute atomic E-state index is 14.6. The molecule has 256 valence electrons. The molecule has 0 atom stereocenters. The van der Waals surface area contributed by atoms with Crippen molar-refractivity contribution in [3.63, 3.8) is 0 Å². The van der Waals surface area contributed by atoms with E-state index in [1.54, 1.807) is 10.6 Å². The van der Waals surface area contributed by atoms with Crippen molar-refractivity contribution in [2.75, 3.05) is 10.6 Å². The monoisotopic (exact) mass is 704 g/mol. The second kappa shape index (κ2) is 13.0. The summed E-state index contributed by atoms with van der Waals surface area (Å²) in [6.07, 6.45) is -19.8. The van der Waals surface area contributed by atoms with Crippen LogP contribution >= 0.6 is 0 Å². The van der Waals surface area contributed by atoms with Crippen molar-refractivity contribution in [1.29, 1.82) is 10.5 Å². The van der Waals surface area contributed by atoms with Crippen molar-refractivity contribution >= 4 is 11.4 Å². The molecule has 4 aromatic carbocycles. The van der Waals surface area contributed by atoms with E-state index < -0.39 is 86.7 Å². The molecule has 0 amide bonds. The number of rotatable bonds is 8. The molecule has 0 aliphatic heterocycles. The van der Waals surface area contributed by atoms with Crippen molar-refractivity contribution in [2.24, 2.45) is 0 Å². The Kier molecular flexibility index (Phi) is 9.58. The highest BCUT2D eigenvalue weighted by Gasteiger charge is 2.72. The molecule has 4 aromatic rings. The first-order chi connectivity index (χ1) is 22.8. The van der Waals surface area contributed by atoms with Crippen LogP contribution in [0.4, 0.5) is 64.1 Å². The number of nitriles is 2. The van der Waals surface area contributed by atoms with E-state index in [4.69, 9.17) is 20.0 Å². The Morgan fingerprint density at radius 2 is 0.796 bits per heavy atom. The molecule has 0 fully saturated rings. The Morgan fingerprint density at radius 3 is 1.06 bits per heavy atom. The summed E-state index contributed by atoms with van der Waals surface area (Å²) < 4.78 is 180. The number of hydrogen-bond acceptors (Lipinski definition) is 6. The van der Waals surface area contributed by atoms with E-state index in [2.05, 4.69) is 0 Å². The van der Waals surface area contributed by atoms with Gasteiger partial charge in [0.2, 0.25) is 5.41 Å². The Bertz CT molecular complexity index is 1750. The van der Waals surface area contributed by atoms with Gasteiger partial charge in [-0.3, -0.25) is 10.6 Å². The molecule has 0 heterocycles. The van der Waals surface area contributed by atoms with Gasteiger partial charge in [-0.05, 0) is 59.7 Å². The van der Waals surface area contributed by atoms with E-state index in [9.17, 15) is 52.7 Å². The maximum atomic E-state index is 14.6. The molecule has 0 aliphatic carbocycles. The molecule has 0 unspecified atom stereocenters. The molecule has 4 rings (SSSR count). The topological polar surface area (TPSA) is 90.1 Å². The Hall–Kier alpha value is -5.78. The van der Waals surface area contributed by atoms with Gasteiger partial charge in [0, 0.05) is 0 Å². The largest absolute Gasteiger partial charge is 0.457 e. The lowest BCUT2D eigenvalue weighted by Crippen LogP contribution is -2.54. The summed E-state index contributed by atoms with van der Waals surface area (Å²) in [6.45, 7) is 0. The summed E-state index contributed by atoms with van der Waals surface area (Å²) in [7, 11) is 0. The third-order valence-electron chi connectivity index (χ3n) is 6.88. The number of nitrogens with zero attached hydrogens (tertiary/aromatic N) is 2. The van der Waals surface area contributed by atoms with Crippen LogP contribution in [0.5, 0.6) is 23.0 Å². The predicted molar refractivity (Wildman–Crippen MR) is 147 cm³/mol. The zero-order valence-corrected chi connectivity index (χ0v) is 23.8. The minimum absolute atomic E-state index is 0.342. The van der Waals surface area contributed by atoms with Gasteiger partial charge in [-0.2, -0.15) is 63.2 Å². The van der Waals surface area contributed by atoms with Crippen LogP contribution in [-0.2, 0) is 17.8 Å². The average Bonchev–Trinajstić information content (AvgIpc) is 2.97. The van der Waals surface area contributed by atoms with Crippen LogP contribution < -0.4 is 20.1 Å². The number of anilines is 2. The first kappa shape index (κ1) is 36.1. The molecule has 0 saturated carbocycles. The van der Waals surface area contributed by atoms with Gasteiger partial charge in [0.25, 0.3) is 0 Å². The van der Waals surface area contributed by atoms with Crippen LogP contribution in [0.15, 0.2) is 84.9 Å². The summed E-state index contributed by atoms with van der Waals surface area (Å²) in [6, 6.07) is 9.16. The predicted octanol–water partition coefficient (Wildman–Crippen LogP) is 10.5. The summed E-state index contributed by atoms with van der Waals surface area (Å²) in [5, 5.41) is 21.1. The first-order valence-corrected chi connectivity index (χ1v) is 13.2. The van der Waals surface area contributed by atoms with E-state index in [0.29, 0.717) is 48.5 Å². The molecule has 0 radical (unpaired) electrons. The fourth-order valence-electron chi connectivity index (χ4n) is 4.93. The SMILES string of the molecule is N#CNc1cccc(Oc2ccc(C(c3ccc(Oc4cccc(NC#N)c4C(F)(F)F)cc3)(C(F)(F)F)C(F)(F)F)cc2)c1C(F)(F)F. The first-order valence-electron chi connectivity index (χ1n) is 13.2.